The molecule has 0 aromatic heterocycles. The Bertz CT molecular complexity index is 220. The normalized spacial score (nSPS) is 32.2. The van der Waals surface area contributed by atoms with Gasteiger partial charge in [0, 0.05) is 37.5 Å². The lowest BCUT2D eigenvalue weighted by Gasteiger charge is -2.45. The molecule has 94 valence electrons. The van der Waals surface area contributed by atoms with Gasteiger partial charge in [0.2, 0.25) is 0 Å². The lowest BCUT2D eigenvalue weighted by atomic mass is 9.97. The summed E-state index contributed by atoms with van der Waals surface area (Å²) in [4.78, 5) is 5.49. The number of thioether (sulfide) groups is 1. The Morgan fingerprint density at radius 2 is 2.12 bits per heavy atom. The quantitative estimate of drug-likeness (QED) is 0.746. The van der Waals surface area contributed by atoms with Crippen molar-refractivity contribution in [2.75, 3.05) is 38.2 Å². The molecule has 2 nitrogen and oxygen atoms in total. The molecule has 0 radical (unpaired) electrons. The van der Waals surface area contributed by atoms with Gasteiger partial charge in [-0.05, 0) is 31.6 Å². The molecule has 2 saturated heterocycles. The van der Waals surface area contributed by atoms with Crippen molar-refractivity contribution in [3.05, 3.63) is 0 Å². The van der Waals surface area contributed by atoms with E-state index in [9.17, 15) is 0 Å². The number of piperazine rings is 1. The molecule has 0 bridgehead atoms. The van der Waals surface area contributed by atoms with Gasteiger partial charge in [-0.2, -0.15) is 11.8 Å². The topological polar surface area (TPSA) is 6.48 Å². The summed E-state index contributed by atoms with van der Waals surface area (Å²) in [6.07, 6.45) is 5.07. The minimum atomic E-state index is 0.793. The van der Waals surface area contributed by atoms with Crippen LogP contribution < -0.4 is 0 Å². The summed E-state index contributed by atoms with van der Waals surface area (Å²) in [6.45, 7) is 10.0. The fraction of sp³-hybridized carbons (Fsp3) is 1.00. The monoisotopic (exact) mass is 242 g/mol. The molecular formula is C13H26N2S. The largest absolute Gasteiger partial charge is 0.298 e. The molecule has 2 heterocycles. The average Bonchev–Trinajstić information content (AvgIpc) is 2.71. The lowest BCUT2D eigenvalue weighted by molar-refractivity contribution is 0.0340. The third kappa shape index (κ3) is 2.74. The van der Waals surface area contributed by atoms with Crippen LogP contribution in [-0.4, -0.2) is 60.1 Å². The van der Waals surface area contributed by atoms with Crippen LogP contribution in [0.2, 0.25) is 0 Å². The van der Waals surface area contributed by atoms with Crippen LogP contribution in [0.1, 0.15) is 26.7 Å². The number of fused-ring (bicyclic) bond motifs is 1. The summed E-state index contributed by atoms with van der Waals surface area (Å²) in [7, 11) is 0. The molecule has 2 unspecified atom stereocenters. The Hall–Kier alpha value is 0.270. The zero-order valence-electron chi connectivity index (χ0n) is 11.0. The van der Waals surface area contributed by atoms with Crippen molar-refractivity contribution in [2.24, 2.45) is 5.92 Å². The molecule has 2 aliphatic rings. The highest BCUT2D eigenvalue weighted by Crippen LogP contribution is 2.27. The van der Waals surface area contributed by atoms with Gasteiger partial charge in [-0.3, -0.25) is 9.80 Å². The van der Waals surface area contributed by atoms with E-state index in [4.69, 9.17) is 0 Å². The molecule has 2 aliphatic heterocycles. The third-order valence-corrected chi connectivity index (χ3v) is 4.78. The van der Waals surface area contributed by atoms with Crippen LogP contribution in [0.5, 0.6) is 0 Å². The predicted octanol–water partition coefficient (Wildman–Crippen LogP) is 2.15. The first kappa shape index (κ1) is 12.7. The van der Waals surface area contributed by atoms with Crippen LogP contribution in [0.4, 0.5) is 0 Å². The minimum absolute atomic E-state index is 0.793. The van der Waals surface area contributed by atoms with Gasteiger partial charge in [0.1, 0.15) is 0 Å². The summed E-state index contributed by atoms with van der Waals surface area (Å²) in [5.74, 6) is 2.08. The zero-order valence-corrected chi connectivity index (χ0v) is 11.8. The van der Waals surface area contributed by atoms with E-state index in [1.165, 1.54) is 44.8 Å². The van der Waals surface area contributed by atoms with Gasteiger partial charge >= 0.3 is 0 Å². The molecule has 2 atom stereocenters. The van der Waals surface area contributed by atoms with Gasteiger partial charge in [0.05, 0.1) is 0 Å². The second-order valence-corrected chi connectivity index (χ2v) is 6.58. The first-order valence-electron chi connectivity index (χ1n) is 6.69. The fourth-order valence-corrected chi connectivity index (χ4v) is 3.62. The van der Waals surface area contributed by atoms with Crippen LogP contribution in [-0.2, 0) is 0 Å². The van der Waals surface area contributed by atoms with Crippen molar-refractivity contribution in [2.45, 2.75) is 38.8 Å². The molecule has 3 heteroatoms. The van der Waals surface area contributed by atoms with E-state index in [2.05, 4.69) is 29.9 Å². The molecular weight excluding hydrogens is 216 g/mol. The minimum Gasteiger partial charge on any atom is -0.298 e. The third-order valence-electron chi connectivity index (χ3n) is 4.19. The molecule has 0 saturated carbocycles. The van der Waals surface area contributed by atoms with E-state index in [0.717, 1.165) is 18.0 Å². The average molecular weight is 242 g/mol. The van der Waals surface area contributed by atoms with Crippen molar-refractivity contribution in [1.29, 1.82) is 0 Å². The maximum absolute atomic E-state index is 2.76. The molecule has 0 amide bonds. The van der Waals surface area contributed by atoms with Crippen molar-refractivity contribution in [3.8, 4) is 0 Å². The summed E-state index contributed by atoms with van der Waals surface area (Å²) in [6, 6.07) is 1.67. The molecule has 2 fully saturated rings. The molecule has 2 rings (SSSR count). The molecule has 16 heavy (non-hydrogen) atoms. The number of rotatable bonds is 4. The Labute approximate surface area is 105 Å². The Balaban J connectivity index is 1.96. The summed E-state index contributed by atoms with van der Waals surface area (Å²) < 4.78 is 0. The van der Waals surface area contributed by atoms with E-state index < -0.39 is 0 Å². The van der Waals surface area contributed by atoms with E-state index in [0.29, 0.717) is 0 Å². The highest BCUT2D eigenvalue weighted by atomic mass is 32.2. The summed E-state index contributed by atoms with van der Waals surface area (Å²) in [5, 5.41) is 0. The first-order chi connectivity index (χ1) is 7.72. The van der Waals surface area contributed by atoms with Gasteiger partial charge in [-0.15, -0.1) is 0 Å². The van der Waals surface area contributed by atoms with E-state index in [1.807, 2.05) is 11.8 Å². The van der Waals surface area contributed by atoms with Crippen LogP contribution in [0.15, 0.2) is 0 Å². The summed E-state index contributed by atoms with van der Waals surface area (Å²) in [5.41, 5.74) is 0. The lowest BCUT2D eigenvalue weighted by Crippen LogP contribution is -2.58. The summed E-state index contributed by atoms with van der Waals surface area (Å²) >= 11 is 1.98. The molecule has 0 aromatic carbocycles. The van der Waals surface area contributed by atoms with Crippen LogP contribution in [0, 0.1) is 5.92 Å². The van der Waals surface area contributed by atoms with Crippen LogP contribution in [0.25, 0.3) is 0 Å². The van der Waals surface area contributed by atoms with Crippen molar-refractivity contribution in [3.63, 3.8) is 0 Å². The van der Waals surface area contributed by atoms with E-state index in [1.54, 1.807) is 0 Å². The molecule has 0 aliphatic carbocycles. The molecule has 0 spiro atoms. The Morgan fingerprint density at radius 3 is 2.81 bits per heavy atom. The number of hydrogen-bond acceptors (Lipinski definition) is 3. The van der Waals surface area contributed by atoms with Gasteiger partial charge in [-0.1, -0.05) is 13.8 Å². The van der Waals surface area contributed by atoms with Crippen molar-refractivity contribution < 1.29 is 0 Å². The van der Waals surface area contributed by atoms with Gasteiger partial charge in [0.15, 0.2) is 0 Å². The van der Waals surface area contributed by atoms with Crippen LogP contribution in [0.3, 0.4) is 0 Å². The van der Waals surface area contributed by atoms with E-state index >= 15 is 0 Å². The Morgan fingerprint density at radius 1 is 1.31 bits per heavy atom. The number of nitrogens with zero attached hydrogens (tertiary/aromatic N) is 2. The standard InChI is InChI=1S/C13H26N2S/c1-11(2)13-10-14-6-4-5-12(14)9-15(13)7-8-16-3/h11-13H,4-10H2,1-3H3. The van der Waals surface area contributed by atoms with Gasteiger partial charge < -0.3 is 0 Å². The van der Waals surface area contributed by atoms with Crippen molar-refractivity contribution in [1.82, 2.24) is 9.80 Å². The highest BCUT2D eigenvalue weighted by Gasteiger charge is 2.36. The maximum atomic E-state index is 2.76. The molecule has 0 aromatic rings. The van der Waals surface area contributed by atoms with Crippen LogP contribution >= 0.6 is 11.8 Å². The second-order valence-electron chi connectivity index (χ2n) is 5.59. The molecule has 0 N–H and O–H groups in total. The van der Waals surface area contributed by atoms with Crippen molar-refractivity contribution >= 4 is 11.8 Å². The second kappa shape index (κ2) is 5.74. The predicted molar refractivity (Wildman–Crippen MR) is 73.2 cm³/mol. The SMILES string of the molecule is CSCCN1CC2CCCN2CC1C(C)C. The Kier molecular flexibility index (Phi) is 4.57. The highest BCUT2D eigenvalue weighted by molar-refractivity contribution is 7.98. The smallest absolute Gasteiger partial charge is 0.0247 e. The zero-order chi connectivity index (χ0) is 11.5. The van der Waals surface area contributed by atoms with Gasteiger partial charge in [0.25, 0.3) is 0 Å². The van der Waals surface area contributed by atoms with Gasteiger partial charge in [-0.25, -0.2) is 0 Å². The maximum Gasteiger partial charge on any atom is 0.0247 e. The van der Waals surface area contributed by atoms with E-state index in [-0.39, 0.29) is 0 Å². The number of hydrogen-bond donors (Lipinski definition) is 0. The fourth-order valence-electron chi connectivity index (χ4n) is 3.20. The first-order valence-corrected chi connectivity index (χ1v) is 8.08.